The summed E-state index contributed by atoms with van der Waals surface area (Å²) in [6, 6.07) is 3.71. The zero-order valence-electron chi connectivity index (χ0n) is 11.7. The highest BCUT2D eigenvalue weighted by Gasteiger charge is 2.68. The predicted molar refractivity (Wildman–Crippen MR) is 73.5 cm³/mol. The van der Waals surface area contributed by atoms with Crippen molar-refractivity contribution >= 4 is 17.4 Å². The van der Waals surface area contributed by atoms with Crippen LogP contribution in [0.25, 0.3) is 0 Å². The fraction of sp³-hybridized carbons (Fsp3) is 0.571. The standard InChI is InChI=1S/C14H21N3O/c1-13(2)11(14(13,3)4)12(18)17-10-7-6-9(15-5)8-16-10/h6-8,11,15H,1-5H3,(H,16,17,18). The predicted octanol–water partition coefficient (Wildman–Crippen LogP) is 2.74. The van der Waals surface area contributed by atoms with Gasteiger partial charge in [0.1, 0.15) is 5.82 Å². The minimum Gasteiger partial charge on any atom is -0.387 e. The number of carbonyl (C=O) groups is 1. The molecule has 98 valence electrons. The van der Waals surface area contributed by atoms with E-state index in [-0.39, 0.29) is 22.7 Å². The summed E-state index contributed by atoms with van der Waals surface area (Å²) in [6.07, 6.45) is 1.71. The zero-order chi connectivity index (χ0) is 13.6. The maximum Gasteiger partial charge on any atom is 0.229 e. The van der Waals surface area contributed by atoms with Gasteiger partial charge in [0, 0.05) is 13.0 Å². The van der Waals surface area contributed by atoms with E-state index in [1.165, 1.54) is 0 Å². The summed E-state index contributed by atoms with van der Waals surface area (Å²) in [5.74, 6) is 0.725. The number of carbonyl (C=O) groups excluding carboxylic acids is 1. The molecule has 0 spiro atoms. The molecule has 1 saturated carbocycles. The summed E-state index contributed by atoms with van der Waals surface area (Å²) in [7, 11) is 1.84. The molecule has 0 aliphatic heterocycles. The Balaban J connectivity index is 2.05. The van der Waals surface area contributed by atoms with Crippen LogP contribution in [-0.2, 0) is 4.79 Å². The molecule has 0 atom stereocenters. The number of amides is 1. The first-order valence-electron chi connectivity index (χ1n) is 6.25. The monoisotopic (exact) mass is 247 g/mol. The molecule has 1 aliphatic carbocycles. The van der Waals surface area contributed by atoms with Crippen LogP contribution >= 0.6 is 0 Å². The van der Waals surface area contributed by atoms with E-state index < -0.39 is 0 Å². The third-order valence-corrected chi connectivity index (χ3v) is 4.59. The van der Waals surface area contributed by atoms with Crippen LogP contribution in [-0.4, -0.2) is 17.9 Å². The minimum atomic E-state index is 0.0516. The molecule has 0 bridgehead atoms. The van der Waals surface area contributed by atoms with Crippen molar-refractivity contribution in [1.29, 1.82) is 0 Å². The third-order valence-electron chi connectivity index (χ3n) is 4.59. The zero-order valence-corrected chi connectivity index (χ0v) is 11.7. The van der Waals surface area contributed by atoms with Crippen molar-refractivity contribution in [3.05, 3.63) is 18.3 Å². The highest BCUT2D eigenvalue weighted by Crippen LogP contribution is 2.68. The normalized spacial score (nSPS) is 20.3. The second kappa shape index (κ2) is 3.97. The Kier molecular flexibility index (Phi) is 2.84. The van der Waals surface area contributed by atoms with E-state index in [1.807, 2.05) is 19.2 Å². The average molecular weight is 247 g/mol. The van der Waals surface area contributed by atoms with Gasteiger partial charge in [0.25, 0.3) is 0 Å². The van der Waals surface area contributed by atoms with Gasteiger partial charge in [0.05, 0.1) is 11.9 Å². The van der Waals surface area contributed by atoms with Gasteiger partial charge in [-0.2, -0.15) is 0 Å². The Hall–Kier alpha value is -1.58. The molecule has 1 heterocycles. The number of rotatable bonds is 3. The van der Waals surface area contributed by atoms with Gasteiger partial charge >= 0.3 is 0 Å². The van der Waals surface area contributed by atoms with Crippen LogP contribution in [0.15, 0.2) is 18.3 Å². The fourth-order valence-electron chi connectivity index (χ4n) is 2.67. The number of hydrogen-bond donors (Lipinski definition) is 2. The van der Waals surface area contributed by atoms with Crippen LogP contribution in [0.2, 0.25) is 0 Å². The van der Waals surface area contributed by atoms with Crippen molar-refractivity contribution in [3.63, 3.8) is 0 Å². The molecule has 0 aromatic carbocycles. The first kappa shape index (κ1) is 12.9. The van der Waals surface area contributed by atoms with Gasteiger partial charge in [-0.15, -0.1) is 0 Å². The van der Waals surface area contributed by atoms with Gasteiger partial charge in [-0.1, -0.05) is 27.7 Å². The van der Waals surface area contributed by atoms with Gasteiger partial charge < -0.3 is 10.6 Å². The maximum atomic E-state index is 12.2. The fourth-order valence-corrected chi connectivity index (χ4v) is 2.67. The molecule has 2 N–H and O–H groups in total. The number of aromatic nitrogens is 1. The number of hydrogen-bond acceptors (Lipinski definition) is 3. The molecule has 0 saturated heterocycles. The molecule has 1 fully saturated rings. The maximum absolute atomic E-state index is 12.2. The average Bonchev–Trinajstić information content (AvgIpc) is 2.70. The number of nitrogens with zero attached hydrogens (tertiary/aromatic N) is 1. The van der Waals surface area contributed by atoms with Gasteiger partial charge in [-0.25, -0.2) is 4.98 Å². The SMILES string of the molecule is CNc1ccc(NC(=O)C2C(C)(C)C2(C)C)nc1. The van der Waals surface area contributed by atoms with Gasteiger partial charge in [-0.05, 0) is 23.0 Å². The summed E-state index contributed by atoms with van der Waals surface area (Å²) < 4.78 is 0. The lowest BCUT2D eigenvalue weighted by atomic mass is 10.0. The number of anilines is 2. The van der Waals surface area contributed by atoms with E-state index in [2.05, 4.69) is 43.3 Å². The Bertz CT molecular complexity index is 448. The van der Waals surface area contributed by atoms with Crippen LogP contribution in [0.1, 0.15) is 27.7 Å². The van der Waals surface area contributed by atoms with Crippen molar-refractivity contribution in [2.24, 2.45) is 16.7 Å². The molecule has 1 aromatic heterocycles. The summed E-state index contributed by atoms with van der Waals surface area (Å²) >= 11 is 0. The molecular weight excluding hydrogens is 226 g/mol. The van der Waals surface area contributed by atoms with E-state index in [0.29, 0.717) is 5.82 Å². The third kappa shape index (κ3) is 1.85. The molecule has 1 aromatic rings. The van der Waals surface area contributed by atoms with Crippen molar-refractivity contribution < 1.29 is 4.79 Å². The highest BCUT2D eigenvalue weighted by atomic mass is 16.2. The number of pyridine rings is 1. The van der Waals surface area contributed by atoms with Crippen LogP contribution < -0.4 is 10.6 Å². The highest BCUT2D eigenvalue weighted by molar-refractivity contribution is 5.95. The van der Waals surface area contributed by atoms with Gasteiger partial charge in [0.2, 0.25) is 5.91 Å². The first-order valence-corrected chi connectivity index (χ1v) is 6.25. The molecule has 4 nitrogen and oxygen atoms in total. The Morgan fingerprint density at radius 3 is 2.22 bits per heavy atom. The molecule has 2 rings (SSSR count). The van der Waals surface area contributed by atoms with Gasteiger partial charge in [-0.3, -0.25) is 4.79 Å². The van der Waals surface area contributed by atoms with Crippen LogP contribution in [0.4, 0.5) is 11.5 Å². The van der Waals surface area contributed by atoms with E-state index >= 15 is 0 Å². The molecule has 1 aliphatic rings. The molecule has 1 amide bonds. The lowest BCUT2D eigenvalue weighted by Gasteiger charge is -2.06. The van der Waals surface area contributed by atoms with Crippen molar-refractivity contribution in [3.8, 4) is 0 Å². The molecule has 0 unspecified atom stereocenters. The van der Waals surface area contributed by atoms with E-state index in [9.17, 15) is 4.79 Å². The van der Waals surface area contributed by atoms with Gasteiger partial charge in [0.15, 0.2) is 0 Å². The van der Waals surface area contributed by atoms with Crippen LogP contribution in [0.3, 0.4) is 0 Å². The summed E-state index contributed by atoms with van der Waals surface area (Å²) in [4.78, 5) is 16.4. The van der Waals surface area contributed by atoms with E-state index in [1.54, 1.807) is 6.20 Å². The molecule has 0 radical (unpaired) electrons. The summed E-state index contributed by atoms with van der Waals surface area (Å²) in [5.41, 5.74) is 1.05. The Morgan fingerprint density at radius 2 is 1.83 bits per heavy atom. The Morgan fingerprint density at radius 1 is 1.22 bits per heavy atom. The second-order valence-corrected chi connectivity index (χ2v) is 6.05. The van der Waals surface area contributed by atoms with E-state index in [4.69, 9.17) is 0 Å². The topological polar surface area (TPSA) is 54.0 Å². The second-order valence-electron chi connectivity index (χ2n) is 6.05. The minimum absolute atomic E-state index is 0.0516. The molecule has 4 heteroatoms. The van der Waals surface area contributed by atoms with Crippen molar-refractivity contribution in [2.45, 2.75) is 27.7 Å². The smallest absolute Gasteiger partial charge is 0.229 e. The van der Waals surface area contributed by atoms with Crippen molar-refractivity contribution in [2.75, 3.05) is 17.7 Å². The summed E-state index contributed by atoms with van der Waals surface area (Å²) in [6.45, 7) is 8.53. The quantitative estimate of drug-likeness (QED) is 0.863. The van der Waals surface area contributed by atoms with Crippen LogP contribution in [0, 0.1) is 16.7 Å². The van der Waals surface area contributed by atoms with E-state index in [0.717, 1.165) is 5.69 Å². The lowest BCUT2D eigenvalue weighted by Crippen LogP contribution is -2.18. The molecular formula is C14H21N3O. The lowest BCUT2D eigenvalue weighted by molar-refractivity contribution is -0.118. The van der Waals surface area contributed by atoms with Crippen LogP contribution in [0.5, 0.6) is 0 Å². The largest absolute Gasteiger partial charge is 0.387 e. The number of nitrogens with one attached hydrogen (secondary N) is 2. The Labute approximate surface area is 108 Å². The molecule has 18 heavy (non-hydrogen) atoms. The summed E-state index contributed by atoms with van der Waals surface area (Å²) in [5, 5.41) is 5.88. The van der Waals surface area contributed by atoms with Crippen molar-refractivity contribution in [1.82, 2.24) is 4.98 Å². The first-order chi connectivity index (χ1) is 8.30.